The Bertz CT molecular complexity index is 833. The number of nitrogens with zero attached hydrogens (tertiary/aromatic N) is 3. The van der Waals surface area contributed by atoms with Gasteiger partial charge in [0.2, 0.25) is 0 Å². The van der Waals surface area contributed by atoms with Crippen molar-refractivity contribution in [3.8, 4) is 0 Å². The summed E-state index contributed by atoms with van der Waals surface area (Å²) in [4.78, 5) is 9.08. The quantitative estimate of drug-likeness (QED) is 0.260. The highest BCUT2D eigenvalue weighted by Crippen LogP contribution is 2.26. The third-order valence-corrected chi connectivity index (χ3v) is 6.31. The fourth-order valence-corrected chi connectivity index (χ4v) is 5.00. The number of nitrogens with one attached hydrogen (secondary N) is 3. The van der Waals surface area contributed by atoms with Crippen LogP contribution in [0.4, 0.5) is 16.0 Å². The predicted octanol–water partition coefficient (Wildman–Crippen LogP) is 3.28. The Morgan fingerprint density at radius 1 is 1.23 bits per heavy atom. The Hall–Kier alpha value is -1.59. The van der Waals surface area contributed by atoms with Crippen LogP contribution in [-0.2, 0) is 5.75 Å². The first-order valence-corrected chi connectivity index (χ1v) is 11.7. The Morgan fingerprint density at radius 3 is 2.70 bits per heavy atom. The number of rotatable bonds is 9. The van der Waals surface area contributed by atoms with Gasteiger partial charge in [0.15, 0.2) is 5.16 Å². The SMILES string of the molecule is Cc1cccc(CSc2nc(NCCO)cc(NSN3C[C@@H](C)N[C@@H](C)C3)n2)c1F. The highest BCUT2D eigenvalue weighted by atomic mass is 32.2. The standard InChI is InChI=1S/C20H29FN6OS2/c1-13-5-4-6-16(19(13)21)12-29-20-24-17(22-7-8-28)9-18(25-20)26-30-27-10-14(2)23-15(3)11-27/h4-6,9,14-15,23,28H,7-8,10-12H2,1-3H3,(H2,22,24,25,26)/t14-,15+. The molecule has 3 rings (SSSR count). The lowest BCUT2D eigenvalue weighted by Gasteiger charge is -2.34. The van der Waals surface area contributed by atoms with Gasteiger partial charge in [0, 0.05) is 55.7 Å². The fourth-order valence-electron chi connectivity index (χ4n) is 3.24. The van der Waals surface area contributed by atoms with Crippen LogP contribution in [-0.4, -0.2) is 57.7 Å². The largest absolute Gasteiger partial charge is 0.395 e. The van der Waals surface area contributed by atoms with Crippen molar-refractivity contribution in [1.82, 2.24) is 19.6 Å². The summed E-state index contributed by atoms with van der Waals surface area (Å²) >= 11 is 2.91. The third kappa shape index (κ3) is 6.71. The maximum Gasteiger partial charge on any atom is 0.191 e. The van der Waals surface area contributed by atoms with Gasteiger partial charge in [-0.15, -0.1) is 0 Å². The van der Waals surface area contributed by atoms with E-state index in [-0.39, 0.29) is 12.4 Å². The Morgan fingerprint density at radius 2 is 1.97 bits per heavy atom. The van der Waals surface area contributed by atoms with Crippen LogP contribution in [0.15, 0.2) is 29.4 Å². The summed E-state index contributed by atoms with van der Waals surface area (Å²) in [5.74, 6) is 1.55. The molecular formula is C20H29FN6OS2. The number of anilines is 2. The number of aryl methyl sites for hydroxylation is 1. The van der Waals surface area contributed by atoms with E-state index in [0.29, 0.717) is 52.3 Å². The molecule has 0 aliphatic carbocycles. The smallest absolute Gasteiger partial charge is 0.191 e. The number of benzene rings is 1. The van der Waals surface area contributed by atoms with Crippen LogP contribution < -0.4 is 15.4 Å². The molecule has 1 aromatic heterocycles. The number of aromatic nitrogens is 2. The number of piperazine rings is 1. The number of aliphatic hydroxyl groups is 1. The predicted molar refractivity (Wildman–Crippen MR) is 123 cm³/mol. The summed E-state index contributed by atoms with van der Waals surface area (Å²) in [5.41, 5.74) is 1.26. The second-order valence-corrected chi connectivity index (χ2v) is 9.26. The minimum absolute atomic E-state index is 0.00898. The normalized spacial score (nSPS) is 19.6. The number of halogens is 1. The second kappa shape index (κ2) is 11.1. The maximum absolute atomic E-state index is 14.3. The summed E-state index contributed by atoms with van der Waals surface area (Å²) in [5, 5.41) is 16.3. The average Bonchev–Trinajstić information content (AvgIpc) is 2.71. The van der Waals surface area contributed by atoms with Crippen molar-refractivity contribution in [3.05, 3.63) is 41.2 Å². The molecule has 7 nitrogen and oxygen atoms in total. The Kier molecular flexibility index (Phi) is 8.58. The topological polar surface area (TPSA) is 85.3 Å². The first-order chi connectivity index (χ1) is 14.4. The van der Waals surface area contributed by atoms with E-state index in [2.05, 4.69) is 43.5 Å². The summed E-state index contributed by atoms with van der Waals surface area (Å²) in [7, 11) is 0. The van der Waals surface area contributed by atoms with Crippen molar-refractivity contribution < 1.29 is 9.50 Å². The summed E-state index contributed by atoms with van der Waals surface area (Å²) in [6.07, 6.45) is 0. The minimum Gasteiger partial charge on any atom is -0.395 e. The van der Waals surface area contributed by atoms with E-state index >= 15 is 0 Å². The molecule has 4 N–H and O–H groups in total. The second-order valence-electron chi connectivity index (χ2n) is 7.42. The molecule has 30 heavy (non-hydrogen) atoms. The molecule has 0 radical (unpaired) electrons. The third-order valence-electron chi connectivity index (χ3n) is 4.56. The van der Waals surface area contributed by atoms with E-state index < -0.39 is 0 Å². The van der Waals surface area contributed by atoms with E-state index in [9.17, 15) is 4.39 Å². The molecule has 1 fully saturated rings. The van der Waals surface area contributed by atoms with Gasteiger partial charge in [-0.2, -0.15) is 0 Å². The highest BCUT2D eigenvalue weighted by molar-refractivity contribution is 7.98. The first-order valence-electron chi connectivity index (χ1n) is 9.99. The van der Waals surface area contributed by atoms with Gasteiger partial charge in [-0.1, -0.05) is 30.0 Å². The van der Waals surface area contributed by atoms with Crippen LogP contribution >= 0.6 is 23.9 Å². The van der Waals surface area contributed by atoms with Gasteiger partial charge in [0.05, 0.1) is 6.61 Å². The van der Waals surface area contributed by atoms with E-state index in [4.69, 9.17) is 5.11 Å². The zero-order chi connectivity index (χ0) is 21.5. The van der Waals surface area contributed by atoms with Gasteiger partial charge >= 0.3 is 0 Å². The first kappa shape index (κ1) is 23.1. The number of hydrogen-bond donors (Lipinski definition) is 4. The van der Waals surface area contributed by atoms with Gasteiger partial charge in [-0.05, 0) is 31.9 Å². The van der Waals surface area contributed by atoms with Crippen molar-refractivity contribution >= 4 is 35.5 Å². The number of aliphatic hydroxyl groups excluding tert-OH is 1. The fraction of sp³-hybridized carbons (Fsp3) is 0.500. The van der Waals surface area contributed by atoms with Gasteiger partial charge < -0.3 is 20.5 Å². The summed E-state index contributed by atoms with van der Waals surface area (Å²) < 4.78 is 19.9. The molecule has 0 amide bonds. The molecule has 1 aliphatic rings. The molecule has 2 atom stereocenters. The Balaban J connectivity index is 1.68. The molecule has 10 heteroatoms. The van der Waals surface area contributed by atoms with Gasteiger partial charge in [0.25, 0.3) is 0 Å². The van der Waals surface area contributed by atoms with Crippen LogP contribution in [0.25, 0.3) is 0 Å². The molecule has 2 heterocycles. The van der Waals surface area contributed by atoms with Crippen molar-refractivity contribution in [3.63, 3.8) is 0 Å². The lowest BCUT2D eigenvalue weighted by Crippen LogP contribution is -2.52. The number of hydrogen-bond acceptors (Lipinski definition) is 9. The molecule has 0 spiro atoms. The van der Waals surface area contributed by atoms with Crippen molar-refractivity contribution in [1.29, 1.82) is 0 Å². The van der Waals surface area contributed by atoms with E-state index in [1.54, 1.807) is 19.1 Å². The lowest BCUT2D eigenvalue weighted by molar-refractivity contribution is 0.281. The molecule has 2 aromatic rings. The molecular weight excluding hydrogens is 423 g/mol. The van der Waals surface area contributed by atoms with Crippen molar-refractivity contribution in [2.45, 2.75) is 43.8 Å². The van der Waals surface area contributed by atoms with Crippen molar-refractivity contribution in [2.24, 2.45) is 0 Å². The highest BCUT2D eigenvalue weighted by Gasteiger charge is 2.21. The average molecular weight is 453 g/mol. The molecule has 0 saturated carbocycles. The van der Waals surface area contributed by atoms with Crippen LogP contribution in [0.1, 0.15) is 25.0 Å². The minimum atomic E-state index is -0.185. The molecule has 1 aliphatic heterocycles. The Labute approximate surface area is 185 Å². The van der Waals surface area contributed by atoms with Crippen molar-refractivity contribution in [2.75, 3.05) is 36.3 Å². The molecule has 1 aromatic carbocycles. The van der Waals surface area contributed by atoms with Gasteiger partial charge in [-0.3, -0.25) is 0 Å². The van der Waals surface area contributed by atoms with Gasteiger partial charge in [-0.25, -0.2) is 18.7 Å². The van der Waals surface area contributed by atoms with Gasteiger partial charge in [0.1, 0.15) is 17.5 Å². The number of thioether (sulfide) groups is 1. The van der Waals surface area contributed by atoms with Crippen LogP contribution in [0.2, 0.25) is 0 Å². The van der Waals surface area contributed by atoms with Crippen LogP contribution in [0, 0.1) is 12.7 Å². The molecule has 164 valence electrons. The molecule has 1 saturated heterocycles. The molecule has 0 unspecified atom stereocenters. The summed E-state index contributed by atoms with van der Waals surface area (Å²) in [6.45, 7) is 8.36. The maximum atomic E-state index is 14.3. The van der Waals surface area contributed by atoms with Crippen LogP contribution in [0.3, 0.4) is 0 Å². The lowest BCUT2D eigenvalue weighted by atomic mass is 10.1. The zero-order valence-corrected chi connectivity index (χ0v) is 19.1. The summed E-state index contributed by atoms with van der Waals surface area (Å²) in [6, 6.07) is 8.06. The van der Waals surface area contributed by atoms with E-state index in [0.717, 1.165) is 13.1 Å². The van der Waals surface area contributed by atoms with Crippen LogP contribution in [0.5, 0.6) is 0 Å². The van der Waals surface area contributed by atoms with E-state index in [1.807, 2.05) is 12.1 Å². The zero-order valence-electron chi connectivity index (χ0n) is 17.5. The van der Waals surface area contributed by atoms with E-state index in [1.165, 1.54) is 23.9 Å². The molecule has 0 bridgehead atoms. The monoisotopic (exact) mass is 452 g/mol.